The number of ether oxygens (including phenoxy) is 1. The van der Waals surface area contributed by atoms with Crippen molar-refractivity contribution in [3.63, 3.8) is 0 Å². The fourth-order valence-corrected chi connectivity index (χ4v) is 4.08. The summed E-state index contributed by atoms with van der Waals surface area (Å²) in [5.74, 6) is -0.878. The summed E-state index contributed by atoms with van der Waals surface area (Å²) in [4.78, 5) is 29.2. The largest absolute Gasteiger partial charge is 0.465 e. The van der Waals surface area contributed by atoms with E-state index in [1.165, 1.54) is 18.9 Å². The van der Waals surface area contributed by atoms with Crippen molar-refractivity contribution in [1.82, 2.24) is 4.98 Å². The van der Waals surface area contributed by atoms with E-state index >= 15 is 0 Å². The average molecular weight is 355 g/mol. The fourth-order valence-electron chi connectivity index (χ4n) is 2.91. The first-order chi connectivity index (χ1) is 12.1. The van der Waals surface area contributed by atoms with Gasteiger partial charge >= 0.3 is 5.97 Å². The van der Waals surface area contributed by atoms with Crippen LogP contribution in [0.25, 0.3) is 0 Å². The summed E-state index contributed by atoms with van der Waals surface area (Å²) in [5, 5.41) is 1.89. The molecular weight excluding hydrogens is 338 g/mol. The molecule has 0 fully saturated rings. The number of thioether (sulfide) groups is 1. The molecule has 0 radical (unpaired) electrons. The maximum absolute atomic E-state index is 12.2. The molecule has 1 aliphatic heterocycles. The SMILES string of the molecule is COC(=O)c1ccccc1N1C=CSC1(CC(N)=O)c1ccncc1. The van der Waals surface area contributed by atoms with Gasteiger partial charge in [-0.2, -0.15) is 0 Å². The van der Waals surface area contributed by atoms with Gasteiger partial charge in [0, 0.05) is 18.6 Å². The zero-order chi connectivity index (χ0) is 17.9. The van der Waals surface area contributed by atoms with Gasteiger partial charge in [-0.25, -0.2) is 4.79 Å². The molecule has 2 heterocycles. The number of hydrogen-bond donors (Lipinski definition) is 1. The first-order valence-electron chi connectivity index (χ1n) is 7.58. The number of benzene rings is 1. The highest BCUT2D eigenvalue weighted by Crippen LogP contribution is 2.50. The maximum Gasteiger partial charge on any atom is 0.339 e. The van der Waals surface area contributed by atoms with Crippen molar-refractivity contribution in [3.8, 4) is 0 Å². The second-order valence-corrected chi connectivity index (χ2v) is 6.63. The zero-order valence-corrected chi connectivity index (χ0v) is 14.4. The summed E-state index contributed by atoms with van der Waals surface area (Å²) in [6, 6.07) is 10.8. The molecule has 1 atom stereocenters. The van der Waals surface area contributed by atoms with Crippen LogP contribution in [0.5, 0.6) is 0 Å². The Labute approximate surface area is 149 Å². The molecule has 1 amide bonds. The minimum absolute atomic E-state index is 0.0736. The Balaban J connectivity index is 2.16. The number of methoxy groups -OCH3 is 1. The highest BCUT2D eigenvalue weighted by Gasteiger charge is 2.43. The monoisotopic (exact) mass is 355 g/mol. The third-order valence-electron chi connectivity index (χ3n) is 3.98. The van der Waals surface area contributed by atoms with Gasteiger partial charge in [-0.15, -0.1) is 0 Å². The number of nitrogens with two attached hydrogens (primary N) is 1. The minimum Gasteiger partial charge on any atom is -0.465 e. The molecule has 2 N–H and O–H groups in total. The van der Waals surface area contributed by atoms with Crippen LogP contribution >= 0.6 is 11.8 Å². The van der Waals surface area contributed by atoms with Crippen LogP contribution in [0.4, 0.5) is 5.69 Å². The lowest BCUT2D eigenvalue weighted by Crippen LogP contribution is -2.41. The van der Waals surface area contributed by atoms with Crippen molar-refractivity contribution in [2.75, 3.05) is 12.0 Å². The predicted molar refractivity (Wildman–Crippen MR) is 96.7 cm³/mol. The Morgan fingerprint density at radius 3 is 2.64 bits per heavy atom. The van der Waals surface area contributed by atoms with Crippen LogP contribution in [0.2, 0.25) is 0 Å². The van der Waals surface area contributed by atoms with E-state index in [-0.39, 0.29) is 6.42 Å². The molecule has 1 aromatic heterocycles. The number of esters is 1. The van der Waals surface area contributed by atoms with Crippen molar-refractivity contribution in [2.45, 2.75) is 11.3 Å². The number of carbonyl (C=O) groups is 2. The standard InChI is InChI=1S/C18H17N3O3S/c1-24-17(23)14-4-2-3-5-15(14)21-10-11-25-18(21,12-16(19)22)13-6-8-20-9-7-13/h2-11H,12H2,1H3,(H2,19,22). The number of primary amides is 1. The summed E-state index contributed by atoms with van der Waals surface area (Å²) in [5.41, 5.74) is 7.48. The number of pyridine rings is 1. The highest BCUT2D eigenvalue weighted by molar-refractivity contribution is 8.03. The van der Waals surface area contributed by atoms with Crippen LogP contribution in [0.1, 0.15) is 22.3 Å². The number of nitrogens with zero attached hydrogens (tertiary/aromatic N) is 2. The van der Waals surface area contributed by atoms with Gasteiger partial charge < -0.3 is 15.4 Å². The molecule has 6 nitrogen and oxygen atoms in total. The van der Waals surface area contributed by atoms with E-state index in [0.717, 1.165) is 5.56 Å². The lowest BCUT2D eigenvalue weighted by atomic mass is 10.00. The van der Waals surface area contributed by atoms with Crippen LogP contribution in [0.3, 0.4) is 0 Å². The number of aromatic nitrogens is 1. The molecule has 7 heteroatoms. The van der Waals surface area contributed by atoms with Crippen LogP contribution < -0.4 is 10.6 Å². The summed E-state index contributed by atoms with van der Waals surface area (Å²) in [7, 11) is 1.34. The fraction of sp³-hybridized carbons (Fsp3) is 0.167. The molecule has 0 spiro atoms. The van der Waals surface area contributed by atoms with Crippen LogP contribution in [-0.2, 0) is 14.4 Å². The van der Waals surface area contributed by atoms with E-state index in [1.54, 1.807) is 24.5 Å². The van der Waals surface area contributed by atoms with Gasteiger partial charge in [-0.1, -0.05) is 23.9 Å². The average Bonchev–Trinajstić information content (AvgIpc) is 3.05. The lowest BCUT2D eigenvalue weighted by Gasteiger charge is -2.39. The Morgan fingerprint density at radius 2 is 1.96 bits per heavy atom. The van der Waals surface area contributed by atoms with Gasteiger partial charge in [-0.05, 0) is 35.2 Å². The van der Waals surface area contributed by atoms with Gasteiger partial charge in [-0.3, -0.25) is 9.78 Å². The van der Waals surface area contributed by atoms with E-state index in [2.05, 4.69) is 4.98 Å². The summed E-state index contributed by atoms with van der Waals surface area (Å²) >= 11 is 1.47. The Bertz CT molecular complexity index is 825. The zero-order valence-electron chi connectivity index (χ0n) is 13.6. The Morgan fingerprint density at radius 1 is 1.24 bits per heavy atom. The van der Waals surface area contributed by atoms with Gasteiger partial charge in [0.05, 0.1) is 24.8 Å². The highest BCUT2D eigenvalue weighted by atomic mass is 32.2. The number of anilines is 1. The van der Waals surface area contributed by atoms with Crippen molar-refractivity contribution >= 4 is 29.3 Å². The smallest absolute Gasteiger partial charge is 0.339 e. The molecular formula is C18H17N3O3S. The first-order valence-corrected chi connectivity index (χ1v) is 8.46. The summed E-state index contributed by atoms with van der Waals surface area (Å²) < 4.78 is 4.89. The molecule has 1 unspecified atom stereocenters. The third kappa shape index (κ3) is 3.10. The second-order valence-electron chi connectivity index (χ2n) is 5.45. The normalized spacial score (nSPS) is 19.0. The summed E-state index contributed by atoms with van der Waals surface area (Å²) in [6.45, 7) is 0. The topological polar surface area (TPSA) is 85.5 Å². The third-order valence-corrected chi connectivity index (χ3v) is 5.20. The van der Waals surface area contributed by atoms with Crippen LogP contribution in [-0.4, -0.2) is 24.0 Å². The molecule has 25 heavy (non-hydrogen) atoms. The molecule has 0 saturated carbocycles. The van der Waals surface area contributed by atoms with Crippen LogP contribution in [0, 0.1) is 0 Å². The van der Waals surface area contributed by atoms with E-state index in [9.17, 15) is 9.59 Å². The lowest BCUT2D eigenvalue weighted by molar-refractivity contribution is -0.118. The molecule has 2 aromatic rings. The number of hydrogen-bond acceptors (Lipinski definition) is 6. The van der Waals surface area contributed by atoms with Gasteiger partial charge in [0.15, 0.2) is 0 Å². The summed E-state index contributed by atoms with van der Waals surface area (Å²) in [6.07, 6.45) is 5.25. The van der Waals surface area contributed by atoms with Crippen molar-refractivity contribution in [1.29, 1.82) is 0 Å². The van der Waals surface area contributed by atoms with Crippen LogP contribution in [0.15, 0.2) is 60.4 Å². The predicted octanol–water partition coefficient (Wildman–Crippen LogP) is 2.62. The van der Waals surface area contributed by atoms with E-state index in [0.29, 0.717) is 11.3 Å². The molecule has 1 aliphatic rings. The number of amides is 1. The number of carbonyl (C=O) groups excluding carboxylic acids is 2. The Hall–Kier alpha value is -2.80. The molecule has 0 aliphatic carbocycles. The minimum atomic E-state index is -0.779. The van der Waals surface area contributed by atoms with Gasteiger partial charge in [0.2, 0.25) is 5.91 Å². The molecule has 128 valence electrons. The molecule has 1 aromatic carbocycles. The second kappa shape index (κ2) is 6.98. The van der Waals surface area contributed by atoms with E-state index in [1.807, 2.05) is 40.8 Å². The van der Waals surface area contributed by atoms with Crippen molar-refractivity contribution < 1.29 is 14.3 Å². The first kappa shape index (κ1) is 17.0. The van der Waals surface area contributed by atoms with Gasteiger partial charge in [0.1, 0.15) is 4.87 Å². The molecule has 3 rings (SSSR count). The van der Waals surface area contributed by atoms with Crippen molar-refractivity contribution in [3.05, 3.63) is 71.5 Å². The Kier molecular flexibility index (Phi) is 4.76. The van der Waals surface area contributed by atoms with Crippen molar-refractivity contribution in [2.24, 2.45) is 5.73 Å². The molecule has 0 bridgehead atoms. The number of rotatable bonds is 5. The quantitative estimate of drug-likeness (QED) is 0.830. The maximum atomic E-state index is 12.2. The van der Waals surface area contributed by atoms with Gasteiger partial charge in [0.25, 0.3) is 0 Å². The molecule has 0 saturated heterocycles. The van der Waals surface area contributed by atoms with E-state index < -0.39 is 16.7 Å². The van der Waals surface area contributed by atoms with E-state index in [4.69, 9.17) is 10.5 Å². The number of para-hydroxylation sites is 1.